The second-order valence-electron chi connectivity index (χ2n) is 3.06. The van der Waals surface area contributed by atoms with Crippen LogP contribution in [0.25, 0.3) is 11.3 Å². The van der Waals surface area contributed by atoms with Gasteiger partial charge in [-0.25, -0.2) is 4.63 Å². The molecule has 0 saturated heterocycles. The monoisotopic (exact) mass is 221 g/mol. The molecule has 6 nitrogen and oxygen atoms in total. The Labute approximate surface area is 91.9 Å². The van der Waals surface area contributed by atoms with Gasteiger partial charge in [-0.2, -0.15) is 0 Å². The predicted molar refractivity (Wildman–Crippen MR) is 57.3 cm³/mol. The van der Waals surface area contributed by atoms with Gasteiger partial charge in [-0.05, 0) is 28.5 Å². The van der Waals surface area contributed by atoms with Crippen molar-refractivity contribution in [2.75, 3.05) is 20.0 Å². The van der Waals surface area contributed by atoms with E-state index in [1.807, 2.05) is 0 Å². The first kappa shape index (κ1) is 10.3. The maximum absolute atomic E-state index is 5.62. The highest BCUT2D eigenvalue weighted by Gasteiger charge is 2.15. The summed E-state index contributed by atoms with van der Waals surface area (Å²) >= 11 is 0. The van der Waals surface area contributed by atoms with Crippen molar-refractivity contribution in [3.05, 3.63) is 18.2 Å². The number of nitrogens with zero attached hydrogens (tertiary/aromatic N) is 2. The average Bonchev–Trinajstić information content (AvgIpc) is 2.74. The molecule has 84 valence electrons. The van der Waals surface area contributed by atoms with Gasteiger partial charge in [0.05, 0.1) is 19.8 Å². The zero-order chi connectivity index (χ0) is 11.5. The molecule has 2 aromatic rings. The van der Waals surface area contributed by atoms with Gasteiger partial charge in [0.1, 0.15) is 11.5 Å². The topological polar surface area (TPSA) is 83.4 Å². The van der Waals surface area contributed by atoms with Crippen LogP contribution in [0.1, 0.15) is 0 Å². The molecule has 0 aliphatic rings. The highest BCUT2D eigenvalue weighted by atomic mass is 16.6. The van der Waals surface area contributed by atoms with E-state index in [-0.39, 0.29) is 5.82 Å². The Hall–Kier alpha value is -2.24. The highest BCUT2D eigenvalue weighted by Crippen LogP contribution is 2.34. The molecule has 1 aromatic carbocycles. The van der Waals surface area contributed by atoms with E-state index in [4.69, 9.17) is 15.2 Å². The van der Waals surface area contributed by atoms with Crippen LogP contribution in [0, 0.1) is 0 Å². The molecule has 1 aromatic heterocycles. The lowest BCUT2D eigenvalue weighted by Crippen LogP contribution is -1.93. The Bertz CT molecular complexity index is 496. The van der Waals surface area contributed by atoms with Crippen LogP contribution in [0.15, 0.2) is 22.8 Å². The average molecular weight is 221 g/mol. The Morgan fingerprint density at radius 1 is 1.19 bits per heavy atom. The Kier molecular flexibility index (Phi) is 2.63. The van der Waals surface area contributed by atoms with Crippen LogP contribution in [-0.2, 0) is 0 Å². The Balaban J connectivity index is 2.57. The van der Waals surface area contributed by atoms with Gasteiger partial charge in [-0.15, -0.1) is 0 Å². The molecule has 0 bridgehead atoms. The summed E-state index contributed by atoms with van der Waals surface area (Å²) in [4.78, 5) is 0. The van der Waals surface area contributed by atoms with Gasteiger partial charge < -0.3 is 15.2 Å². The number of aromatic nitrogens is 2. The van der Waals surface area contributed by atoms with Crippen LogP contribution in [0.2, 0.25) is 0 Å². The van der Waals surface area contributed by atoms with Crippen molar-refractivity contribution < 1.29 is 14.1 Å². The third kappa shape index (κ3) is 1.65. The van der Waals surface area contributed by atoms with Crippen LogP contribution >= 0.6 is 0 Å². The molecule has 2 N–H and O–H groups in total. The van der Waals surface area contributed by atoms with Gasteiger partial charge in [-0.1, -0.05) is 0 Å². The molecule has 0 spiro atoms. The summed E-state index contributed by atoms with van der Waals surface area (Å²) in [5.41, 5.74) is 6.75. The van der Waals surface area contributed by atoms with Crippen LogP contribution < -0.4 is 15.2 Å². The number of hydrogen-bond acceptors (Lipinski definition) is 6. The molecule has 0 amide bonds. The summed E-state index contributed by atoms with van der Waals surface area (Å²) in [6, 6.07) is 5.31. The van der Waals surface area contributed by atoms with E-state index in [0.717, 1.165) is 0 Å². The molecule has 0 saturated carbocycles. The van der Waals surface area contributed by atoms with E-state index in [2.05, 4.69) is 14.9 Å². The van der Waals surface area contributed by atoms with Crippen LogP contribution in [0.5, 0.6) is 11.5 Å². The first-order valence-corrected chi connectivity index (χ1v) is 4.56. The molecule has 0 unspecified atom stereocenters. The Morgan fingerprint density at radius 2 is 2.00 bits per heavy atom. The van der Waals surface area contributed by atoms with E-state index in [1.165, 1.54) is 0 Å². The fraction of sp³-hybridized carbons (Fsp3) is 0.200. The van der Waals surface area contributed by atoms with Crippen molar-refractivity contribution in [1.29, 1.82) is 0 Å². The minimum Gasteiger partial charge on any atom is -0.497 e. The molecule has 0 radical (unpaired) electrons. The van der Waals surface area contributed by atoms with Crippen molar-refractivity contribution in [1.82, 2.24) is 10.3 Å². The summed E-state index contributed by atoms with van der Waals surface area (Å²) in [7, 11) is 3.14. The third-order valence-electron chi connectivity index (χ3n) is 2.18. The lowest BCUT2D eigenvalue weighted by molar-refractivity contribution is 0.310. The summed E-state index contributed by atoms with van der Waals surface area (Å²) in [5, 5.41) is 7.24. The molecular formula is C10H11N3O3. The van der Waals surface area contributed by atoms with Gasteiger partial charge >= 0.3 is 0 Å². The molecule has 1 heterocycles. The third-order valence-corrected chi connectivity index (χ3v) is 2.18. The van der Waals surface area contributed by atoms with E-state index in [9.17, 15) is 0 Å². The molecule has 0 aliphatic heterocycles. The molecule has 0 aliphatic carbocycles. The van der Waals surface area contributed by atoms with Crippen molar-refractivity contribution >= 4 is 5.82 Å². The van der Waals surface area contributed by atoms with Crippen molar-refractivity contribution in [3.8, 4) is 22.8 Å². The summed E-state index contributed by atoms with van der Waals surface area (Å²) in [5.74, 6) is 1.52. The number of methoxy groups -OCH3 is 2. The summed E-state index contributed by atoms with van der Waals surface area (Å²) in [6.07, 6.45) is 0. The number of anilines is 1. The lowest BCUT2D eigenvalue weighted by Gasteiger charge is -2.07. The maximum atomic E-state index is 5.62. The van der Waals surface area contributed by atoms with Crippen molar-refractivity contribution in [2.24, 2.45) is 0 Å². The number of nitrogen functional groups attached to an aromatic ring is 1. The molecule has 16 heavy (non-hydrogen) atoms. The van der Waals surface area contributed by atoms with Crippen LogP contribution in [-0.4, -0.2) is 24.5 Å². The maximum Gasteiger partial charge on any atom is 0.196 e. The smallest absolute Gasteiger partial charge is 0.196 e. The molecule has 0 fully saturated rings. The Morgan fingerprint density at radius 3 is 2.56 bits per heavy atom. The zero-order valence-corrected chi connectivity index (χ0v) is 8.93. The van der Waals surface area contributed by atoms with Crippen molar-refractivity contribution in [3.63, 3.8) is 0 Å². The van der Waals surface area contributed by atoms with E-state index in [1.54, 1.807) is 32.4 Å². The van der Waals surface area contributed by atoms with Crippen molar-refractivity contribution in [2.45, 2.75) is 0 Å². The number of benzene rings is 1. The SMILES string of the molecule is COc1ccc(OC)c(-c2nonc2N)c1. The zero-order valence-electron chi connectivity index (χ0n) is 8.93. The van der Waals surface area contributed by atoms with Gasteiger partial charge in [0, 0.05) is 0 Å². The largest absolute Gasteiger partial charge is 0.497 e. The number of ether oxygens (including phenoxy) is 2. The van der Waals surface area contributed by atoms with E-state index < -0.39 is 0 Å². The van der Waals surface area contributed by atoms with Gasteiger partial charge in [-0.3, -0.25) is 0 Å². The van der Waals surface area contributed by atoms with Gasteiger partial charge in [0.25, 0.3) is 0 Å². The first-order valence-electron chi connectivity index (χ1n) is 4.56. The molecule has 6 heteroatoms. The van der Waals surface area contributed by atoms with E-state index in [0.29, 0.717) is 22.8 Å². The molecule has 0 atom stereocenters. The molecular weight excluding hydrogens is 210 g/mol. The van der Waals surface area contributed by atoms with E-state index >= 15 is 0 Å². The minimum atomic E-state index is 0.214. The molecule has 2 rings (SSSR count). The summed E-state index contributed by atoms with van der Waals surface area (Å²) < 4.78 is 14.9. The standard InChI is InChI=1S/C10H11N3O3/c1-14-6-3-4-8(15-2)7(5-6)9-10(11)13-16-12-9/h3-5H,1-2H3,(H2,11,13). The highest BCUT2D eigenvalue weighted by molar-refractivity contribution is 5.75. The van der Waals surface area contributed by atoms with Crippen LogP contribution in [0.4, 0.5) is 5.82 Å². The van der Waals surface area contributed by atoms with Crippen LogP contribution in [0.3, 0.4) is 0 Å². The fourth-order valence-electron chi connectivity index (χ4n) is 1.38. The quantitative estimate of drug-likeness (QED) is 0.841. The van der Waals surface area contributed by atoms with Gasteiger partial charge in [0.2, 0.25) is 0 Å². The second kappa shape index (κ2) is 4.09. The number of rotatable bonds is 3. The minimum absolute atomic E-state index is 0.214. The van der Waals surface area contributed by atoms with Gasteiger partial charge in [0.15, 0.2) is 11.5 Å². The fourth-order valence-corrected chi connectivity index (χ4v) is 1.38. The number of nitrogens with two attached hydrogens (primary N) is 1. The number of hydrogen-bond donors (Lipinski definition) is 1. The predicted octanol–water partition coefficient (Wildman–Crippen LogP) is 1.34. The first-order chi connectivity index (χ1) is 7.76. The summed E-state index contributed by atoms with van der Waals surface area (Å²) in [6.45, 7) is 0. The normalized spacial score (nSPS) is 10.1. The lowest BCUT2D eigenvalue weighted by atomic mass is 10.1. The second-order valence-corrected chi connectivity index (χ2v) is 3.06.